The average Bonchev–Trinajstić information content (AvgIpc) is 3.05. The van der Waals surface area contributed by atoms with Gasteiger partial charge < -0.3 is 11.1 Å². The van der Waals surface area contributed by atoms with Crippen LogP contribution >= 0.6 is 12.4 Å². The van der Waals surface area contributed by atoms with Crippen LogP contribution in [0.2, 0.25) is 0 Å². The van der Waals surface area contributed by atoms with Gasteiger partial charge in [0.25, 0.3) is 0 Å². The van der Waals surface area contributed by atoms with Crippen LogP contribution in [0.1, 0.15) is 51.4 Å². The quantitative estimate of drug-likeness (QED) is 0.828. The van der Waals surface area contributed by atoms with Gasteiger partial charge >= 0.3 is 0 Å². The fraction of sp³-hybridized carbons (Fsp3) is 0.929. The maximum atomic E-state index is 12.4. The highest BCUT2D eigenvalue weighted by molar-refractivity contribution is 5.85. The summed E-state index contributed by atoms with van der Waals surface area (Å²) in [6, 6.07) is 0.463. The molecule has 0 heterocycles. The lowest BCUT2D eigenvalue weighted by Crippen LogP contribution is -2.49. The van der Waals surface area contributed by atoms with Crippen LogP contribution in [0.5, 0.6) is 0 Å². The van der Waals surface area contributed by atoms with Crippen molar-refractivity contribution in [1.82, 2.24) is 5.32 Å². The summed E-state index contributed by atoms with van der Waals surface area (Å²) < 4.78 is 0. The summed E-state index contributed by atoms with van der Waals surface area (Å²) in [6.45, 7) is 0.527. The van der Waals surface area contributed by atoms with Crippen LogP contribution < -0.4 is 11.1 Å². The monoisotopic (exact) mass is 272 g/mol. The number of rotatable bonds is 3. The highest BCUT2D eigenvalue weighted by Crippen LogP contribution is 2.45. The lowest BCUT2D eigenvalue weighted by molar-refractivity contribution is -0.131. The molecule has 3 atom stereocenters. The number of nitrogens with two attached hydrogens (primary N) is 1. The number of hydrogen-bond donors (Lipinski definition) is 2. The van der Waals surface area contributed by atoms with Crippen LogP contribution in [0.4, 0.5) is 0 Å². The van der Waals surface area contributed by atoms with Gasteiger partial charge in [-0.15, -0.1) is 12.4 Å². The van der Waals surface area contributed by atoms with E-state index in [4.69, 9.17) is 5.73 Å². The van der Waals surface area contributed by atoms with Gasteiger partial charge in [-0.1, -0.05) is 19.3 Å². The molecule has 3 aliphatic carbocycles. The Hall–Kier alpha value is -0.280. The van der Waals surface area contributed by atoms with Gasteiger partial charge in [0.15, 0.2) is 0 Å². The van der Waals surface area contributed by atoms with E-state index in [0.29, 0.717) is 12.6 Å². The van der Waals surface area contributed by atoms with Gasteiger partial charge in [-0.05, 0) is 43.9 Å². The van der Waals surface area contributed by atoms with Crippen molar-refractivity contribution in [2.45, 2.75) is 57.4 Å². The SMILES string of the molecule is Cl.NCC1(C(=O)NC2CC3CCC2C3)CCCC1. The highest BCUT2D eigenvalue weighted by Gasteiger charge is 2.44. The first kappa shape index (κ1) is 14.1. The van der Waals surface area contributed by atoms with Crippen LogP contribution in [0.25, 0.3) is 0 Å². The number of carbonyl (C=O) groups excluding carboxylic acids is 1. The van der Waals surface area contributed by atoms with Gasteiger partial charge in [-0.25, -0.2) is 0 Å². The Morgan fingerprint density at radius 3 is 2.44 bits per heavy atom. The first-order valence-electron chi connectivity index (χ1n) is 7.24. The van der Waals surface area contributed by atoms with E-state index in [2.05, 4.69) is 5.32 Å². The largest absolute Gasteiger partial charge is 0.353 e. The second-order valence-electron chi connectivity index (χ2n) is 6.45. The van der Waals surface area contributed by atoms with E-state index in [-0.39, 0.29) is 23.7 Å². The number of halogens is 1. The van der Waals surface area contributed by atoms with Gasteiger partial charge in [-0.3, -0.25) is 4.79 Å². The normalized spacial score (nSPS) is 36.4. The predicted molar refractivity (Wildman–Crippen MR) is 74.6 cm³/mol. The second kappa shape index (κ2) is 5.38. The summed E-state index contributed by atoms with van der Waals surface area (Å²) in [4.78, 5) is 12.4. The molecule has 2 bridgehead atoms. The maximum Gasteiger partial charge on any atom is 0.227 e. The first-order valence-corrected chi connectivity index (χ1v) is 7.24. The van der Waals surface area contributed by atoms with Crippen molar-refractivity contribution < 1.29 is 4.79 Å². The zero-order chi connectivity index (χ0) is 11.9. The fourth-order valence-corrected chi connectivity index (χ4v) is 4.32. The molecule has 1 amide bonds. The average molecular weight is 273 g/mol. The van der Waals surface area contributed by atoms with Crippen LogP contribution in [-0.4, -0.2) is 18.5 Å². The molecule has 3 unspecified atom stereocenters. The Morgan fingerprint density at radius 2 is 1.94 bits per heavy atom. The van der Waals surface area contributed by atoms with Crippen molar-refractivity contribution in [3.63, 3.8) is 0 Å². The van der Waals surface area contributed by atoms with Crippen molar-refractivity contribution in [2.75, 3.05) is 6.54 Å². The summed E-state index contributed by atoms with van der Waals surface area (Å²) >= 11 is 0. The highest BCUT2D eigenvalue weighted by atomic mass is 35.5. The molecule has 3 saturated carbocycles. The minimum absolute atomic E-state index is 0. The molecule has 3 rings (SSSR count). The van der Waals surface area contributed by atoms with Crippen molar-refractivity contribution in [3.8, 4) is 0 Å². The maximum absolute atomic E-state index is 12.4. The molecule has 3 nitrogen and oxygen atoms in total. The summed E-state index contributed by atoms with van der Waals surface area (Å²) in [5.41, 5.74) is 5.64. The Kier molecular flexibility index (Phi) is 4.22. The first-order chi connectivity index (χ1) is 8.23. The Bertz CT molecular complexity index is 315. The molecule has 18 heavy (non-hydrogen) atoms. The van der Waals surface area contributed by atoms with Gasteiger partial charge in [0, 0.05) is 12.6 Å². The van der Waals surface area contributed by atoms with Gasteiger partial charge in [0.05, 0.1) is 5.41 Å². The van der Waals surface area contributed by atoms with E-state index in [1.807, 2.05) is 0 Å². The number of nitrogens with one attached hydrogen (secondary N) is 1. The molecule has 3 aliphatic rings. The third-order valence-corrected chi connectivity index (χ3v) is 5.49. The molecule has 0 aromatic rings. The minimum Gasteiger partial charge on any atom is -0.353 e. The van der Waals surface area contributed by atoms with E-state index in [1.165, 1.54) is 38.5 Å². The van der Waals surface area contributed by atoms with Crippen LogP contribution in [0.3, 0.4) is 0 Å². The van der Waals surface area contributed by atoms with Crippen LogP contribution in [-0.2, 0) is 4.79 Å². The molecule has 0 aromatic heterocycles. The molecule has 0 saturated heterocycles. The molecule has 4 heteroatoms. The molecule has 3 fully saturated rings. The summed E-state index contributed by atoms with van der Waals surface area (Å²) in [5, 5.41) is 3.33. The number of carbonyl (C=O) groups is 1. The molecule has 3 N–H and O–H groups in total. The van der Waals surface area contributed by atoms with Crippen molar-refractivity contribution in [1.29, 1.82) is 0 Å². The van der Waals surface area contributed by atoms with Crippen molar-refractivity contribution >= 4 is 18.3 Å². The van der Waals surface area contributed by atoms with Crippen LogP contribution in [0.15, 0.2) is 0 Å². The summed E-state index contributed by atoms with van der Waals surface area (Å²) in [5.74, 6) is 1.91. The van der Waals surface area contributed by atoms with E-state index in [0.717, 1.165) is 24.7 Å². The van der Waals surface area contributed by atoms with Crippen molar-refractivity contribution in [3.05, 3.63) is 0 Å². The van der Waals surface area contributed by atoms with E-state index in [1.54, 1.807) is 0 Å². The van der Waals surface area contributed by atoms with E-state index < -0.39 is 0 Å². The molecule has 0 spiro atoms. The predicted octanol–water partition coefficient (Wildman–Crippen LogP) is 2.23. The molecule has 0 aliphatic heterocycles. The zero-order valence-corrected chi connectivity index (χ0v) is 11.8. The topological polar surface area (TPSA) is 55.1 Å². The minimum atomic E-state index is -0.220. The molecule has 0 aromatic carbocycles. The Labute approximate surface area is 116 Å². The lowest BCUT2D eigenvalue weighted by atomic mass is 9.84. The molecule has 0 radical (unpaired) electrons. The van der Waals surface area contributed by atoms with E-state index in [9.17, 15) is 4.79 Å². The van der Waals surface area contributed by atoms with Crippen LogP contribution in [0, 0.1) is 17.3 Å². The van der Waals surface area contributed by atoms with Gasteiger partial charge in [0.2, 0.25) is 5.91 Å². The van der Waals surface area contributed by atoms with E-state index >= 15 is 0 Å². The number of hydrogen-bond acceptors (Lipinski definition) is 2. The molecular weight excluding hydrogens is 248 g/mol. The second-order valence-corrected chi connectivity index (χ2v) is 6.45. The third kappa shape index (κ3) is 2.27. The zero-order valence-electron chi connectivity index (χ0n) is 11.0. The fourth-order valence-electron chi connectivity index (χ4n) is 4.32. The summed E-state index contributed by atoms with van der Waals surface area (Å²) in [7, 11) is 0. The smallest absolute Gasteiger partial charge is 0.227 e. The number of amides is 1. The van der Waals surface area contributed by atoms with Gasteiger partial charge in [-0.2, -0.15) is 0 Å². The summed E-state index contributed by atoms with van der Waals surface area (Å²) in [6.07, 6.45) is 9.61. The molecular formula is C14H25ClN2O. The standard InChI is InChI=1S/C14H24N2O.ClH/c15-9-14(5-1-2-6-14)13(17)16-12-8-10-3-4-11(12)7-10;/h10-12H,1-9,15H2,(H,16,17);1H. The number of fused-ring (bicyclic) bond motifs is 2. The Balaban J connectivity index is 0.00000120. The Morgan fingerprint density at radius 1 is 1.22 bits per heavy atom. The van der Waals surface area contributed by atoms with Crippen molar-refractivity contribution in [2.24, 2.45) is 23.0 Å². The third-order valence-electron chi connectivity index (χ3n) is 5.49. The lowest BCUT2D eigenvalue weighted by Gasteiger charge is -2.30. The van der Waals surface area contributed by atoms with Gasteiger partial charge in [0.1, 0.15) is 0 Å². The molecule has 104 valence electrons.